The lowest BCUT2D eigenvalue weighted by Gasteiger charge is -2.20. The van der Waals surface area contributed by atoms with Crippen LogP contribution in [0.5, 0.6) is 0 Å². The van der Waals surface area contributed by atoms with Crippen molar-refractivity contribution in [1.82, 2.24) is 5.32 Å². The Morgan fingerprint density at radius 1 is 1.14 bits per heavy atom. The highest BCUT2D eigenvalue weighted by Gasteiger charge is 2.54. The molecule has 3 atom stereocenters. The molecule has 0 aromatic rings. The van der Waals surface area contributed by atoms with Crippen molar-refractivity contribution in [3.8, 4) is 0 Å². The molecule has 2 aliphatic carbocycles. The summed E-state index contributed by atoms with van der Waals surface area (Å²) in [6, 6.07) is 0. The van der Waals surface area contributed by atoms with E-state index in [1.54, 1.807) is 0 Å². The predicted molar refractivity (Wildman–Crippen MR) is 56.8 cm³/mol. The minimum Gasteiger partial charge on any atom is -0.351 e. The summed E-state index contributed by atoms with van der Waals surface area (Å²) in [6.07, 6.45) is 5.24. The number of carbonyl (C=O) groups is 1. The van der Waals surface area contributed by atoms with Crippen molar-refractivity contribution in [3.63, 3.8) is 0 Å². The molecule has 80 valence electrons. The van der Waals surface area contributed by atoms with E-state index in [2.05, 4.69) is 26.1 Å². The Labute approximate surface area is 86.5 Å². The van der Waals surface area contributed by atoms with Crippen molar-refractivity contribution < 1.29 is 4.79 Å². The summed E-state index contributed by atoms with van der Waals surface area (Å²) in [6.45, 7) is 6.16. The summed E-state index contributed by atoms with van der Waals surface area (Å²) >= 11 is 0. The third kappa shape index (κ3) is 1.94. The Kier molecular flexibility index (Phi) is 2.32. The van der Waals surface area contributed by atoms with Gasteiger partial charge in [0.25, 0.3) is 0 Å². The fourth-order valence-electron chi connectivity index (χ4n) is 2.83. The standard InChI is InChI=1S/C12H21NO/c1-12(2,3)13-11(14)10-8-6-4-5-7-9(8)10/h8-10H,4-7H2,1-3H3,(H,13,14)/t8-,9+,10?. The van der Waals surface area contributed by atoms with Crippen LogP contribution in [0.15, 0.2) is 0 Å². The number of carbonyl (C=O) groups excluding carboxylic acids is 1. The Hall–Kier alpha value is -0.530. The van der Waals surface area contributed by atoms with E-state index in [0.717, 1.165) is 11.8 Å². The Morgan fingerprint density at radius 2 is 1.64 bits per heavy atom. The largest absolute Gasteiger partial charge is 0.351 e. The Morgan fingerprint density at radius 3 is 2.07 bits per heavy atom. The third-order valence-corrected chi connectivity index (χ3v) is 3.46. The highest BCUT2D eigenvalue weighted by molar-refractivity contribution is 5.82. The van der Waals surface area contributed by atoms with E-state index in [1.165, 1.54) is 25.7 Å². The van der Waals surface area contributed by atoms with E-state index >= 15 is 0 Å². The van der Waals surface area contributed by atoms with Crippen molar-refractivity contribution in [2.45, 2.75) is 52.0 Å². The van der Waals surface area contributed by atoms with E-state index in [9.17, 15) is 4.79 Å². The van der Waals surface area contributed by atoms with Gasteiger partial charge in [-0.2, -0.15) is 0 Å². The highest BCUT2D eigenvalue weighted by Crippen LogP contribution is 2.55. The van der Waals surface area contributed by atoms with Gasteiger partial charge in [0.15, 0.2) is 0 Å². The molecule has 1 unspecified atom stereocenters. The fourth-order valence-corrected chi connectivity index (χ4v) is 2.83. The SMILES string of the molecule is CC(C)(C)NC(=O)C1[C@H]2CCCC[C@@H]12. The molecule has 0 aromatic heterocycles. The van der Waals surface area contributed by atoms with Crippen LogP contribution in [-0.4, -0.2) is 11.4 Å². The van der Waals surface area contributed by atoms with E-state index in [4.69, 9.17) is 0 Å². The van der Waals surface area contributed by atoms with Gasteiger partial charge in [0.2, 0.25) is 5.91 Å². The van der Waals surface area contributed by atoms with Gasteiger partial charge in [-0.25, -0.2) is 0 Å². The Bertz CT molecular complexity index is 229. The molecule has 2 fully saturated rings. The van der Waals surface area contributed by atoms with Crippen molar-refractivity contribution in [3.05, 3.63) is 0 Å². The second-order valence-electron chi connectivity index (χ2n) is 5.88. The summed E-state index contributed by atoms with van der Waals surface area (Å²) in [4.78, 5) is 11.9. The Balaban J connectivity index is 1.88. The average molecular weight is 195 g/mol. The number of fused-ring (bicyclic) bond motifs is 1. The quantitative estimate of drug-likeness (QED) is 0.683. The second-order valence-corrected chi connectivity index (χ2v) is 5.88. The average Bonchev–Trinajstić information content (AvgIpc) is 2.73. The first kappa shape index (κ1) is 10.0. The first-order valence-corrected chi connectivity index (χ1v) is 5.81. The van der Waals surface area contributed by atoms with Gasteiger partial charge in [0.1, 0.15) is 0 Å². The van der Waals surface area contributed by atoms with E-state index in [-0.39, 0.29) is 5.54 Å². The van der Waals surface area contributed by atoms with Crippen LogP contribution in [0.3, 0.4) is 0 Å². The smallest absolute Gasteiger partial charge is 0.224 e. The van der Waals surface area contributed by atoms with Crippen molar-refractivity contribution in [2.75, 3.05) is 0 Å². The highest BCUT2D eigenvalue weighted by atomic mass is 16.2. The summed E-state index contributed by atoms with van der Waals surface area (Å²) < 4.78 is 0. The molecule has 2 heteroatoms. The first-order chi connectivity index (χ1) is 6.49. The number of hydrogen-bond donors (Lipinski definition) is 1. The lowest BCUT2D eigenvalue weighted by atomic mass is 10.0. The number of rotatable bonds is 1. The van der Waals surface area contributed by atoms with Crippen molar-refractivity contribution >= 4 is 5.91 Å². The molecule has 0 aromatic carbocycles. The predicted octanol–water partition coefficient (Wildman–Crippen LogP) is 2.34. The monoisotopic (exact) mass is 195 g/mol. The first-order valence-electron chi connectivity index (χ1n) is 5.81. The van der Waals surface area contributed by atoms with Gasteiger partial charge in [-0.05, 0) is 45.4 Å². The van der Waals surface area contributed by atoms with E-state index in [0.29, 0.717) is 11.8 Å². The van der Waals surface area contributed by atoms with Crippen LogP contribution in [0.4, 0.5) is 0 Å². The normalized spacial score (nSPS) is 36.1. The molecule has 0 spiro atoms. The lowest BCUT2D eigenvalue weighted by molar-refractivity contribution is -0.124. The fraction of sp³-hybridized carbons (Fsp3) is 0.917. The van der Waals surface area contributed by atoms with Crippen LogP contribution in [0, 0.1) is 17.8 Å². The molecule has 2 rings (SSSR count). The van der Waals surface area contributed by atoms with Gasteiger partial charge in [-0.1, -0.05) is 12.8 Å². The van der Waals surface area contributed by atoms with Crippen LogP contribution in [-0.2, 0) is 4.79 Å². The summed E-state index contributed by atoms with van der Waals surface area (Å²) in [5.74, 6) is 2.11. The zero-order valence-corrected chi connectivity index (χ0v) is 9.47. The van der Waals surface area contributed by atoms with Gasteiger partial charge in [0, 0.05) is 11.5 Å². The van der Waals surface area contributed by atoms with Crippen LogP contribution in [0.25, 0.3) is 0 Å². The van der Waals surface area contributed by atoms with Crippen LogP contribution in [0.1, 0.15) is 46.5 Å². The maximum Gasteiger partial charge on any atom is 0.224 e. The second kappa shape index (κ2) is 3.25. The van der Waals surface area contributed by atoms with Gasteiger partial charge < -0.3 is 5.32 Å². The summed E-state index contributed by atoms with van der Waals surface area (Å²) in [7, 11) is 0. The van der Waals surface area contributed by atoms with E-state index < -0.39 is 0 Å². The molecule has 0 radical (unpaired) electrons. The maximum absolute atomic E-state index is 11.9. The van der Waals surface area contributed by atoms with Gasteiger partial charge in [-0.3, -0.25) is 4.79 Å². The summed E-state index contributed by atoms with van der Waals surface area (Å²) in [5.41, 5.74) is -0.0666. The molecule has 1 N–H and O–H groups in total. The number of hydrogen-bond acceptors (Lipinski definition) is 1. The van der Waals surface area contributed by atoms with Gasteiger partial charge in [0.05, 0.1) is 0 Å². The zero-order chi connectivity index (χ0) is 10.3. The molecular formula is C12H21NO. The zero-order valence-electron chi connectivity index (χ0n) is 9.47. The molecule has 0 heterocycles. The summed E-state index contributed by atoms with van der Waals surface area (Å²) in [5, 5.41) is 3.10. The molecule has 2 saturated carbocycles. The molecular weight excluding hydrogens is 174 g/mol. The molecule has 2 aliphatic rings. The van der Waals surface area contributed by atoms with Gasteiger partial charge >= 0.3 is 0 Å². The van der Waals surface area contributed by atoms with Crippen molar-refractivity contribution in [2.24, 2.45) is 17.8 Å². The topological polar surface area (TPSA) is 29.1 Å². The molecule has 0 bridgehead atoms. The van der Waals surface area contributed by atoms with Crippen LogP contribution in [0.2, 0.25) is 0 Å². The number of nitrogens with one attached hydrogen (secondary N) is 1. The van der Waals surface area contributed by atoms with E-state index in [1.807, 2.05) is 0 Å². The molecule has 1 amide bonds. The minimum absolute atomic E-state index is 0.0666. The molecule has 0 aliphatic heterocycles. The third-order valence-electron chi connectivity index (χ3n) is 3.46. The molecule has 14 heavy (non-hydrogen) atoms. The van der Waals surface area contributed by atoms with Crippen molar-refractivity contribution in [1.29, 1.82) is 0 Å². The van der Waals surface area contributed by atoms with Gasteiger partial charge in [-0.15, -0.1) is 0 Å². The number of amides is 1. The minimum atomic E-state index is -0.0666. The maximum atomic E-state index is 11.9. The molecule has 2 nitrogen and oxygen atoms in total. The lowest BCUT2D eigenvalue weighted by Crippen LogP contribution is -2.41. The van der Waals surface area contributed by atoms with Crippen LogP contribution >= 0.6 is 0 Å². The van der Waals surface area contributed by atoms with Crippen LogP contribution < -0.4 is 5.32 Å². The molecule has 0 saturated heterocycles.